The summed E-state index contributed by atoms with van der Waals surface area (Å²) in [6.07, 6.45) is 10.4. The fourth-order valence-electron chi connectivity index (χ4n) is 5.98. The maximum atomic E-state index is 12.0. The summed E-state index contributed by atoms with van der Waals surface area (Å²) in [7, 11) is 5.74. The van der Waals surface area contributed by atoms with E-state index < -0.39 is 16.1 Å². The molecule has 0 bridgehead atoms. The van der Waals surface area contributed by atoms with Gasteiger partial charge >= 0.3 is 0 Å². The molecule has 105 heavy (non-hydrogen) atoms. The van der Waals surface area contributed by atoms with Crippen LogP contribution in [0.4, 0.5) is 0 Å². The summed E-state index contributed by atoms with van der Waals surface area (Å²) in [5.41, 5.74) is 1.55. The Bertz CT molecular complexity index is 2830. The lowest BCUT2D eigenvalue weighted by Gasteiger charge is -2.22. The van der Waals surface area contributed by atoms with Crippen LogP contribution in [0.2, 0.25) is 0 Å². The predicted octanol–water partition coefficient (Wildman–Crippen LogP) is 16.2. The molecule has 0 aliphatic heterocycles. The first kappa shape index (κ1) is 113. The van der Waals surface area contributed by atoms with Gasteiger partial charge in [-0.3, -0.25) is 47.1 Å². The topological polar surface area (TPSA) is 249 Å². The van der Waals surface area contributed by atoms with Crippen molar-refractivity contribution in [3.8, 4) is 0 Å². The third-order valence-electron chi connectivity index (χ3n) is 11.9. The van der Waals surface area contributed by atoms with Crippen molar-refractivity contribution in [2.75, 3.05) is 85.9 Å². The zero-order valence-corrected chi connectivity index (χ0v) is 75.7. The second-order valence-electron chi connectivity index (χ2n) is 36.6. The van der Waals surface area contributed by atoms with Crippen LogP contribution in [0.5, 0.6) is 0 Å². The molecule has 0 radical (unpaired) electrons. The molecule has 19 nitrogen and oxygen atoms in total. The first-order valence-corrected chi connectivity index (χ1v) is 38.6. The fourth-order valence-corrected chi connectivity index (χ4v) is 7.57. The van der Waals surface area contributed by atoms with Gasteiger partial charge in [0, 0.05) is 78.6 Å². The summed E-state index contributed by atoms with van der Waals surface area (Å²) in [6, 6.07) is 7.78. The number of benzene rings is 1. The monoisotopic (exact) mass is 1580 g/mol. The molecule has 8 amide bonds. The summed E-state index contributed by atoms with van der Waals surface area (Å²) in [4.78, 5) is 103. The van der Waals surface area contributed by atoms with E-state index in [0.717, 1.165) is 42.7 Å². The number of allylic oxidation sites excluding steroid dienone is 1. The normalized spacial score (nSPS) is 12.5. The second-order valence-corrected chi connectivity index (χ2v) is 39.9. The molecule has 7 N–H and O–H groups in total. The number of nitrogens with one attached hydrogen (secondary N) is 7. The number of hydrogen-bond acceptors (Lipinski definition) is 11. The molecule has 1 heterocycles. The van der Waals surface area contributed by atoms with Gasteiger partial charge in [-0.05, 0) is 127 Å². The Morgan fingerprint density at radius 3 is 1.08 bits per heavy atom. The van der Waals surface area contributed by atoms with E-state index in [1.807, 2.05) is 60.2 Å². The minimum absolute atomic E-state index is 0.000694. The van der Waals surface area contributed by atoms with Crippen molar-refractivity contribution in [3.05, 3.63) is 84.2 Å². The lowest BCUT2D eigenvalue weighted by molar-refractivity contribution is -0.125. The lowest BCUT2D eigenvalue weighted by atomic mass is 9.92. The summed E-state index contributed by atoms with van der Waals surface area (Å²) < 4.78 is 2.93. The lowest BCUT2D eigenvalue weighted by Crippen LogP contribution is -2.36. The smallest absolute Gasteiger partial charge is 0.268 e. The van der Waals surface area contributed by atoms with E-state index in [2.05, 4.69) is 237 Å². The number of amides is 8. The molecule has 24 heteroatoms. The van der Waals surface area contributed by atoms with Gasteiger partial charge < -0.3 is 47.0 Å². The Morgan fingerprint density at radius 1 is 0.476 bits per heavy atom. The third-order valence-corrected chi connectivity index (χ3v) is 13.8. The van der Waals surface area contributed by atoms with Crippen LogP contribution in [-0.2, 0) is 44.9 Å². The van der Waals surface area contributed by atoms with E-state index in [4.69, 9.17) is 46.4 Å². The molecule has 1 aromatic heterocycles. The van der Waals surface area contributed by atoms with Crippen LogP contribution < -0.4 is 42.8 Å². The van der Waals surface area contributed by atoms with E-state index >= 15 is 0 Å². The molecule has 1 aromatic carbocycles. The number of aromatic nitrogens is 1. The van der Waals surface area contributed by atoms with E-state index in [9.17, 15) is 43.2 Å². The molecule has 0 saturated carbocycles. The average Bonchev–Trinajstić information content (AvgIpc) is 1.66. The Hall–Kier alpha value is -5.25. The maximum Gasteiger partial charge on any atom is 0.268 e. The summed E-state index contributed by atoms with van der Waals surface area (Å²) >= 11 is 23.5. The number of fused-ring (bicyclic) bond motifs is 1. The molecular weight excluding hydrogens is 1430 g/mol. The number of likely N-dealkylation sites (N-methyl/N-ethyl adjacent to an activating group) is 2. The van der Waals surface area contributed by atoms with Crippen LogP contribution in [0.25, 0.3) is 10.1 Å². The number of halogens is 4. The van der Waals surface area contributed by atoms with Gasteiger partial charge in [-0.2, -0.15) is 0 Å². The minimum Gasteiger partial charge on any atom is -0.355 e. The SMILES string of the molecule is C/C=C/C(=O)NCC(C)(C)C.C=CC(=O)N(C)CCC(C)(C)C.C=CC(=O)NCC(C)(C)C.CC(C)(C)CNC(=O)CCl.CC(C)(C)Cn1sc2ccccc2c1=O.CC(Cl)C(=O)NCC(C)(C)C.CN(C)C/C=C/C(=O)NCC(C)(C)C.C[C@@H](Cl)C(=O)NCC(C)(C)C.C[C@H](Cl)C(=O)NCC(C)(C)C. The molecule has 0 fully saturated rings. The molecule has 2 rings (SSSR count). The van der Waals surface area contributed by atoms with Gasteiger partial charge in [-0.25, -0.2) is 0 Å². The van der Waals surface area contributed by atoms with Gasteiger partial charge in [0.2, 0.25) is 47.3 Å². The van der Waals surface area contributed by atoms with Crippen LogP contribution in [0.1, 0.15) is 221 Å². The van der Waals surface area contributed by atoms with Gasteiger partial charge in [0.25, 0.3) is 5.56 Å². The highest BCUT2D eigenvalue weighted by Crippen LogP contribution is 2.22. The maximum absolute atomic E-state index is 12.0. The summed E-state index contributed by atoms with van der Waals surface area (Å²) in [5.74, 6) is -0.462. The Kier molecular flexibility index (Phi) is 60.4. The molecular formula is C81H150Cl4N10O9S. The molecule has 2 aromatic rings. The van der Waals surface area contributed by atoms with Gasteiger partial charge in [-0.1, -0.05) is 236 Å². The first-order chi connectivity index (χ1) is 47.0. The Morgan fingerprint density at radius 2 is 0.800 bits per heavy atom. The zero-order valence-electron chi connectivity index (χ0n) is 71.8. The average molecular weight is 1580 g/mol. The summed E-state index contributed by atoms with van der Waals surface area (Å²) in [5, 5.41) is 18.9. The highest BCUT2D eigenvalue weighted by Gasteiger charge is 2.20. The van der Waals surface area contributed by atoms with Crippen LogP contribution in [0, 0.1) is 48.7 Å². The largest absolute Gasteiger partial charge is 0.355 e. The molecule has 612 valence electrons. The molecule has 0 aliphatic rings. The molecule has 0 aliphatic carbocycles. The van der Waals surface area contributed by atoms with Gasteiger partial charge in [0.1, 0.15) is 22.0 Å². The minimum atomic E-state index is -0.433. The van der Waals surface area contributed by atoms with Crippen molar-refractivity contribution >= 4 is 115 Å². The highest BCUT2D eigenvalue weighted by molar-refractivity contribution is 7.13. The van der Waals surface area contributed by atoms with Crippen LogP contribution in [-0.4, -0.2) is 163 Å². The van der Waals surface area contributed by atoms with Crippen molar-refractivity contribution in [3.63, 3.8) is 0 Å². The number of rotatable bonds is 20. The van der Waals surface area contributed by atoms with Crippen molar-refractivity contribution in [2.45, 2.75) is 244 Å². The number of carbonyl (C=O) groups is 8. The predicted molar refractivity (Wildman–Crippen MR) is 454 cm³/mol. The van der Waals surface area contributed by atoms with E-state index in [0.29, 0.717) is 39.3 Å². The van der Waals surface area contributed by atoms with Gasteiger partial charge in [-0.15, -0.1) is 46.4 Å². The van der Waals surface area contributed by atoms with E-state index in [1.54, 1.807) is 56.4 Å². The second kappa shape index (κ2) is 56.0. The number of hydrogen-bond donors (Lipinski definition) is 7. The molecule has 1 unspecified atom stereocenters. The fraction of sp³-hybridized carbons (Fsp3) is 0.716. The van der Waals surface area contributed by atoms with Crippen LogP contribution in [0.15, 0.2) is 78.7 Å². The Labute approximate surface area is 663 Å². The molecule has 0 saturated heterocycles. The number of alkyl halides is 4. The summed E-state index contributed by atoms with van der Waals surface area (Å²) in [6.45, 7) is 77.2. The van der Waals surface area contributed by atoms with E-state index in [1.165, 1.54) is 18.2 Å². The standard InChI is InChI=1S/C12H15NOS.C11H22N2O.C10H19NO.C9H17NO.3C8H16ClNO.C8H15NO.C7H14ClNO/c1-12(2,3)8-13-11(14)9-6-4-5-7-10(9)15-13;1-11(2,3)9-12-10(14)7-6-8-13(4)5;1-6-9(12)11(5)8-7-10(2,3)4;1-5-6-8(11)10-7-9(2,3)4;3*1-6(9)7(11)10-5-8(2,3)4;1-5-7(10)9-6-8(2,3)4;1-7(2,3)5-9-6(10)4-8/h4-7H,8H2,1-3H3;6-7H,8-9H2,1-5H3,(H,12,14);6H,1,7-8H2,2-5H3;5-6H,7H2,1-4H3,(H,10,11);3*6H,5H2,1-4H3,(H,10,11);5H,1,6H2,2-4H3,(H,9,10);4-5H2,1-3H3,(H,9,10)/b;7-6+;;6-5+;;;;;/t;;;;2*6-;;;/m....10.../s1. The first-order valence-electron chi connectivity index (χ1n) is 35.9. The van der Waals surface area contributed by atoms with Gasteiger partial charge in [0.05, 0.1) is 10.1 Å². The Balaban J connectivity index is -0.000000207. The van der Waals surface area contributed by atoms with E-state index in [-0.39, 0.29) is 107 Å². The molecule has 0 spiro atoms. The van der Waals surface area contributed by atoms with Crippen LogP contribution >= 0.6 is 57.9 Å². The zero-order chi connectivity index (χ0) is 84.5. The third kappa shape index (κ3) is 89.3. The van der Waals surface area contributed by atoms with Crippen molar-refractivity contribution < 1.29 is 38.4 Å². The highest BCUT2D eigenvalue weighted by atomic mass is 35.5. The quantitative estimate of drug-likeness (QED) is 0.0488. The number of nitrogens with zero attached hydrogens (tertiary/aromatic N) is 3. The van der Waals surface area contributed by atoms with Crippen LogP contribution in [0.3, 0.4) is 0 Å². The van der Waals surface area contributed by atoms with Gasteiger partial charge in [0.15, 0.2) is 0 Å². The number of carbonyl (C=O) groups excluding carboxylic acids is 8. The van der Waals surface area contributed by atoms with Crippen molar-refractivity contribution in [1.82, 2.24) is 51.0 Å². The van der Waals surface area contributed by atoms with Crippen molar-refractivity contribution in [1.29, 1.82) is 0 Å². The van der Waals surface area contributed by atoms with Crippen molar-refractivity contribution in [2.24, 2.45) is 48.7 Å². The molecule has 3 atom stereocenters.